The normalized spacial score (nSPS) is 11.7. The fourth-order valence-corrected chi connectivity index (χ4v) is 1.14. The van der Waals surface area contributed by atoms with Crippen molar-refractivity contribution in [2.45, 2.75) is 20.3 Å². The number of nitro groups is 1. The van der Waals surface area contributed by atoms with Crippen molar-refractivity contribution < 1.29 is 14.5 Å². The molecule has 2 amide bonds. The first-order valence-corrected chi connectivity index (χ1v) is 5.40. The number of hydrogen-bond donors (Lipinski definition) is 1. The minimum Gasteiger partial charge on any atom is -0.292 e. The fraction of sp³-hybridized carbons (Fsp3) is 0.364. The number of amides is 2. The minimum absolute atomic E-state index is 0.0131. The minimum atomic E-state index is -0.684. The Labute approximate surface area is 103 Å². The van der Waals surface area contributed by atoms with Gasteiger partial charge in [-0.2, -0.15) is 0 Å². The second kappa shape index (κ2) is 5.85. The molecule has 0 aliphatic heterocycles. The van der Waals surface area contributed by atoms with E-state index in [-0.39, 0.29) is 17.2 Å². The van der Waals surface area contributed by atoms with Crippen LogP contribution in [0.3, 0.4) is 0 Å². The average molecular weight is 251 g/mol. The van der Waals surface area contributed by atoms with Crippen molar-refractivity contribution in [3.63, 3.8) is 0 Å². The van der Waals surface area contributed by atoms with Crippen LogP contribution >= 0.6 is 0 Å². The van der Waals surface area contributed by atoms with Gasteiger partial charge in [0.05, 0.1) is 10.5 Å². The number of imide groups is 1. The topological polar surface area (TPSA) is 102 Å². The lowest BCUT2D eigenvalue weighted by molar-refractivity contribution is -0.385. The van der Waals surface area contributed by atoms with Gasteiger partial charge >= 0.3 is 0 Å². The molecule has 7 nitrogen and oxygen atoms in total. The van der Waals surface area contributed by atoms with Gasteiger partial charge in [-0.25, -0.2) is 0 Å². The molecule has 7 heteroatoms. The number of nitrogens with one attached hydrogen (secondary N) is 1. The molecule has 96 valence electrons. The van der Waals surface area contributed by atoms with Crippen molar-refractivity contribution in [3.05, 3.63) is 34.1 Å². The molecule has 0 saturated heterocycles. The van der Waals surface area contributed by atoms with Gasteiger partial charge in [0.15, 0.2) is 0 Å². The standard InChI is InChI=1S/C11H13N3O4/c1-3-7(2)10(15)13-11(16)8-4-9(14(17)18)6-12-5-8/h4-7H,3H2,1-2H3,(H,13,15,16). The third kappa shape index (κ3) is 3.34. The monoisotopic (exact) mass is 251 g/mol. The summed E-state index contributed by atoms with van der Waals surface area (Å²) in [6.07, 6.45) is 2.81. The van der Waals surface area contributed by atoms with E-state index >= 15 is 0 Å². The van der Waals surface area contributed by atoms with Gasteiger partial charge in [0, 0.05) is 18.2 Å². The second-order valence-corrected chi connectivity index (χ2v) is 3.82. The summed E-state index contributed by atoms with van der Waals surface area (Å²) >= 11 is 0. The van der Waals surface area contributed by atoms with Crippen LogP contribution in [0.5, 0.6) is 0 Å². The van der Waals surface area contributed by atoms with Crippen molar-refractivity contribution in [1.82, 2.24) is 10.3 Å². The van der Waals surface area contributed by atoms with E-state index < -0.39 is 16.7 Å². The van der Waals surface area contributed by atoms with E-state index in [4.69, 9.17) is 0 Å². The Morgan fingerprint density at radius 2 is 2.17 bits per heavy atom. The Bertz CT molecular complexity index is 487. The number of rotatable bonds is 4. The Morgan fingerprint density at radius 3 is 2.72 bits per heavy atom. The van der Waals surface area contributed by atoms with Crippen molar-refractivity contribution >= 4 is 17.5 Å². The van der Waals surface area contributed by atoms with Gasteiger partial charge in [0.25, 0.3) is 11.6 Å². The summed E-state index contributed by atoms with van der Waals surface area (Å²) in [4.78, 5) is 36.6. The quantitative estimate of drug-likeness (QED) is 0.641. The molecule has 1 aromatic rings. The summed E-state index contributed by atoms with van der Waals surface area (Å²) in [5, 5.41) is 12.7. The van der Waals surface area contributed by atoms with Gasteiger partial charge in [-0.1, -0.05) is 13.8 Å². The molecule has 0 aliphatic rings. The highest BCUT2D eigenvalue weighted by atomic mass is 16.6. The lowest BCUT2D eigenvalue weighted by Gasteiger charge is -2.08. The maximum Gasteiger partial charge on any atom is 0.288 e. The van der Waals surface area contributed by atoms with Gasteiger partial charge in [0.1, 0.15) is 6.20 Å². The summed E-state index contributed by atoms with van der Waals surface area (Å²) in [6, 6.07) is 1.08. The van der Waals surface area contributed by atoms with Gasteiger partial charge < -0.3 is 0 Å². The molecule has 0 saturated carbocycles. The number of carbonyl (C=O) groups is 2. The number of aromatic nitrogens is 1. The Morgan fingerprint density at radius 1 is 1.50 bits per heavy atom. The highest BCUT2D eigenvalue weighted by molar-refractivity contribution is 6.05. The van der Waals surface area contributed by atoms with E-state index in [2.05, 4.69) is 10.3 Å². The number of hydrogen-bond acceptors (Lipinski definition) is 5. The van der Waals surface area contributed by atoms with Gasteiger partial charge in [-0.15, -0.1) is 0 Å². The van der Waals surface area contributed by atoms with E-state index in [0.29, 0.717) is 6.42 Å². The van der Waals surface area contributed by atoms with Crippen LogP contribution < -0.4 is 5.32 Å². The van der Waals surface area contributed by atoms with Crippen LogP contribution in [0, 0.1) is 16.0 Å². The summed E-state index contributed by atoms with van der Waals surface area (Å²) in [5.74, 6) is -1.38. The predicted molar refractivity (Wildman–Crippen MR) is 62.8 cm³/mol. The smallest absolute Gasteiger partial charge is 0.288 e. The zero-order valence-corrected chi connectivity index (χ0v) is 10.0. The highest BCUT2D eigenvalue weighted by Gasteiger charge is 2.17. The summed E-state index contributed by atoms with van der Waals surface area (Å²) in [6.45, 7) is 3.51. The molecule has 0 aromatic carbocycles. The predicted octanol–water partition coefficient (Wildman–Crippen LogP) is 1.29. The van der Waals surface area contributed by atoms with E-state index in [0.717, 1.165) is 12.3 Å². The molecular formula is C11H13N3O4. The zero-order chi connectivity index (χ0) is 13.7. The van der Waals surface area contributed by atoms with Crippen molar-refractivity contribution in [1.29, 1.82) is 0 Å². The molecule has 1 heterocycles. The van der Waals surface area contributed by atoms with Gasteiger partial charge in [0.2, 0.25) is 5.91 Å². The molecule has 18 heavy (non-hydrogen) atoms. The Balaban J connectivity index is 2.82. The molecule has 0 radical (unpaired) electrons. The zero-order valence-electron chi connectivity index (χ0n) is 10.0. The summed E-state index contributed by atoms with van der Waals surface area (Å²) in [7, 11) is 0. The largest absolute Gasteiger partial charge is 0.292 e. The molecular weight excluding hydrogens is 238 g/mol. The van der Waals surface area contributed by atoms with Crippen LogP contribution in [0.4, 0.5) is 5.69 Å². The first-order chi connectivity index (χ1) is 8.45. The van der Waals surface area contributed by atoms with Crippen molar-refractivity contribution in [2.75, 3.05) is 0 Å². The highest BCUT2D eigenvalue weighted by Crippen LogP contribution is 2.11. The van der Waals surface area contributed by atoms with Crippen LogP contribution in [0.2, 0.25) is 0 Å². The molecule has 0 bridgehead atoms. The molecule has 0 aliphatic carbocycles. The maximum absolute atomic E-state index is 11.7. The number of carbonyl (C=O) groups excluding carboxylic acids is 2. The van der Waals surface area contributed by atoms with Crippen LogP contribution in [0.25, 0.3) is 0 Å². The summed E-state index contributed by atoms with van der Waals surface area (Å²) < 4.78 is 0. The lowest BCUT2D eigenvalue weighted by atomic mass is 10.1. The average Bonchev–Trinajstić information content (AvgIpc) is 2.37. The van der Waals surface area contributed by atoms with Gasteiger partial charge in [-0.3, -0.25) is 30.0 Å². The second-order valence-electron chi connectivity index (χ2n) is 3.82. The third-order valence-corrected chi connectivity index (χ3v) is 2.49. The van der Waals surface area contributed by atoms with E-state index in [1.165, 1.54) is 6.20 Å². The van der Waals surface area contributed by atoms with Crippen molar-refractivity contribution in [2.24, 2.45) is 5.92 Å². The van der Waals surface area contributed by atoms with E-state index in [1.54, 1.807) is 6.92 Å². The number of pyridine rings is 1. The maximum atomic E-state index is 11.7. The van der Waals surface area contributed by atoms with E-state index in [1.807, 2.05) is 6.92 Å². The fourth-order valence-electron chi connectivity index (χ4n) is 1.14. The third-order valence-electron chi connectivity index (χ3n) is 2.49. The van der Waals surface area contributed by atoms with Crippen molar-refractivity contribution in [3.8, 4) is 0 Å². The Hall–Kier alpha value is -2.31. The molecule has 1 atom stereocenters. The van der Waals surface area contributed by atoms with Crippen LogP contribution in [-0.4, -0.2) is 21.7 Å². The van der Waals surface area contributed by atoms with E-state index in [9.17, 15) is 19.7 Å². The van der Waals surface area contributed by atoms with Crippen LogP contribution in [-0.2, 0) is 4.79 Å². The SMILES string of the molecule is CCC(C)C(=O)NC(=O)c1cncc([N+](=O)[O-])c1. The molecule has 1 rings (SSSR count). The molecule has 0 spiro atoms. The van der Waals surface area contributed by atoms with Crippen LogP contribution in [0.1, 0.15) is 30.6 Å². The molecule has 0 fully saturated rings. The van der Waals surface area contributed by atoms with Gasteiger partial charge in [-0.05, 0) is 6.42 Å². The molecule has 1 aromatic heterocycles. The number of nitrogens with zero attached hydrogens (tertiary/aromatic N) is 2. The molecule has 1 unspecified atom stereocenters. The summed E-state index contributed by atoms with van der Waals surface area (Å²) in [5.41, 5.74) is -0.306. The Kier molecular flexibility index (Phi) is 4.47. The molecule has 1 N–H and O–H groups in total. The van der Waals surface area contributed by atoms with Crippen LogP contribution in [0.15, 0.2) is 18.5 Å². The first-order valence-electron chi connectivity index (χ1n) is 5.40. The first kappa shape index (κ1) is 13.8. The lowest BCUT2D eigenvalue weighted by Crippen LogP contribution is -2.34.